The summed E-state index contributed by atoms with van der Waals surface area (Å²) in [7, 11) is 0. The minimum absolute atomic E-state index is 0.393. The molecule has 0 spiro atoms. The van der Waals surface area contributed by atoms with Crippen LogP contribution in [-0.2, 0) is 0 Å². The number of ether oxygens (including phenoxy) is 1. The standard InChI is InChI=1S/C19H18O/c1-5-11-17-14(7-1)13-15-8-2-6-12-18(15)19(17)20-16-9-3-4-10-16/h1-2,5-8,11-13,16H,3-4,9-10H2. The summed E-state index contributed by atoms with van der Waals surface area (Å²) in [6, 6.07) is 19.3. The Morgan fingerprint density at radius 3 is 1.90 bits per heavy atom. The maximum absolute atomic E-state index is 6.40. The molecular weight excluding hydrogens is 244 g/mol. The molecule has 0 aliphatic heterocycles. The number of hydrogen-bond donors (Lipinski definition) is 0. The molecule has 1 aliphatic rings. The van der Waals surface area contributed by atoms with Crippen molar-refractivity contribution in [1.29, 1.82) is 0 Å². The van der Waals surface area contributed by atoms with Gasteiger partial charge in [0, 0.05) is 10.8 Å². The second kappa shape index (κ2) is 4.82. The van der Waals surface area contributed by atoms with Gasteiger partial charge >= 0.3 is 0 Å². The van der Waals surface area contributed by atoms with E-state index in [0.717, 1.165) is 5.75 Å². The Hall–Kier alpha value is -2.02. The maximum Gasteiger partial charge on any atom is 0.135 e. The monoisotopic (exact) mass is 262 g/mol. The third-order valence-corrected chi connectivity index (χ3v) is 4.31. The highest BCUT2D eigenvalue weighted by Crippen LogP contribution is 2.37. The number of hydrogen-bond acceptors (Lipinski definition) is 1. The summed E-state index contributed by atoms with van der Waals surface area (Å²) in [5, 5.41) is 4.99. The van der Waals surface area contributed by atoms with Gasteiger partial charge in [-0.05, 0) is 42.5 Å². The highest BCUT2D eigenvalue weighted by Gasteiger charge is 2.19. The molecule has 0 aromatic heterocycles. The Kier molecular flexibility index (Phi) is 2.84. The fraction of sp³-hybridized carbons (Fsp3) is 0.263. The minimum Gasteiger partial charge on any atom is -0.489 e. The molecule has 0 N–H and O–H groups in total. The zero-order valence-corrected chi connectivity index (χ0v) is 11.5. The summed E-state index contributed by atoms with van der Waals surface area (Å²) in [6.07, 6.45) is 5.37. The van der Waals surface area contributed by atoms with Gasteiger partial charge in [0.25, 0.3) is 0 Å². The summed E-state index contributed by atoms with van der Waals surface area (Å²) in [5.41, 5.74) is 0. The van der Waals surface area contributed by atoms with Gasteiger partial charge in [-0.2, -0.15) is 0 Å². The first-order valence-electron chi connectivity index (χ1n) is 7.49. The molecule has 20 heavy (non-hydrogen) atoms. The Labute approximate surface area is 119 Å². The molecule has 1 saturated carbocycles. The molecule has 0 radical (unpaired) electrons. The van der Waals surface area contributed by atoms with Crippen molar-refractivity contribution in [2.45, 2.75) is 31.8 Å². The van der Waals surface area contributed by atoms with E-state index in [1.807, 2.05) is 0 Å². The summed E-state index contributed by atoms with van der Waals surface area (Å²) >= 11 is 0. The highest BCUT2D eigenvalue weighted by atomic mass is 16.5. The normalized spacial score (nSPS) is 16.0. The molecule has 1 nitrogen and oxygen atoms in total. The molecule has 1 heteroatoms. The third-order valence-electron chi connectivity index (χ3n) is 4.31. The van der Waals surface area contributed by atoms with Crippen LogP contribution >= 0.6 is 0 Å². The molecule has 100 valence electrons. The van der Waals surface area contributed by atoms with Gasteiger partial charge in [-0.3, -0.25) is 0 Å². The average Bonchev–Trinajstić information content (AvgIpc) is 3.00. The Morgan fingerprint density at radius 1 is 0.750 bits per heavy atom. The van der Waals surface area contributed by atoms with Crippen LogP contribution in [0.5, 0.6) is 5.75 Å². The van der Waals surface area contributed by atoms with Crippen molar-refractivity contribution in [3.05, 3.63) is 54.6 Å². The van der Waals surface area contributed by atoms with E-state index in [0.29, 0.717) is 6.10 Å². The van der Waals surface area contributed by atoms with Crippen molar-refractivity contribution in [3.63, 3.8) is 0 Å². The lowest BCUT2D eigenvalue weighted by atomic mass is 10.0. The maximum atomic E-state index is 6.40. The van der Waals surface area contributed by atoms with Crippen molar-refractivity contribution in [3.8, 4) is 5.75 Å². The Bertz CT molecular complexity index is 700. The Morgan fingerprint density at radius 2 is 1.30 bits per heavy atom. The predicted octanol–water partition coefficient (Wildman–Crippen LogP) is 5.31. The lowest BCUT2D eigenvalue weighted by Gasteiger charge is -2.17. The number of fused-ring (bicyclic) bond motifs is 2. The molecule has 3 aromatic rings. The third kappa shape index (κ3) is 1.94. The van der Waals surface area contributed by atoms with Crippen molar-refractivity contribution >= 4 is 21.5 Å². The van der Waals surface area contributed by atoms with Gasteiger partial charge in [0.05, 0.1) is 6.10 Å². The molecule has 0 heterocycles. The first-order valence-corrected chi connectivity index (χ1v) is 7.49. The van der Waals surface area contributed by atoms with E-state index in [-0.39, 0.29) is 0 Å². The van der Waals surface area contributed by atoms with Gasteiger partial charge in [0.15, 0.2) is 0 Å². The fourth-order valence-corrected chi connectivity index (χ4v) is 3.27. The number of benzene rings is 3. The van der Waals surface area contributed by atoms with E-state index in [1.165, 1.54) is 47.2 Å². The average molecular weight is 262 g/mol. The van der Waals surface area contributed by atoms with E-state index in [4.69, 9.17) is 4.74 Å². The lowest BCUT2D eigenvalue weighted by Crippen LogP contribution is -2.11. The van der Waals surface area contributed by atoms with Crippen molar-refractivity contribution in [2.75, 3.05) is 0 Å². The van der Waals surface area contributed by atoms with E-state index < -0.39 is 0 Å². The summed E-state index contributed by atoms with van der Waals surface area (Å²) in [5.74, 6) is 1.07. The van der Waals surface area contributed by atoms with Crippen LogP contribution in [0.1, 0.15) is 25.7 Å². The van der Waals surface area contributed by atoms with Gasteiger partial charge in [-0.15, -0.1) is 0 Å². The van der Waals surface area contributed by atoms with Gasteiger partial charge < -0.3 is 4.74 Å². The summed E-state index contributed by atoms with van der Waals surface area (Å²) in [4.78, 5) is 0. The summed E-state index contributed by atoms with van der Waals surface area (Å²) < 4.78 is 6.40. The molecule has 1 aliphatic carbocycles. The molecule has 0 unspecified atom stereocenters. The van der Waals surface area contributed by atoms with Gasteiger partial charge in [0.2, 0.25) is 0 Å². The van der Waals surface area contributed by atoms with Crippen LogP contribution in [0.25, 0.3) is 21.5 Å². The molecule has 1 fully saturated rings. The second-order valence-corrected chi connectivity index (χ2v) is 5.67. The first-order chi connectivity index (χ1) is 9.92. The molecule has 0 atom stereocenters. The first kappa shape index (κ1) is 11.8. The van der Waals surface area contributed by atoms with E-state index in [9.17, 15) is 0 Å². The zero-order chi connectivity index (χ0) is 13.4. The Balaban J connectivity index is 1.96. The zero-order valence-electron chi connectivity index (χ0n) is 11.5. The molecule has 3 aromatic carbocycles. The second-order valence-electron chi connectivity index (χ2n) is 5.67. The van der Waals surface area contributed by atoms with Crippen LogP contribution in [0.4, 0.5) is 0 Å². The van der Waals surface area contributed by atoms with Gasteiger partial charge in [0.1, 0.15) is 5.75 Å². The van der Waals surface area contributed by atoms with Crippen LogP contribution in [0.2, 0.25) is 0 Å². The lowest BCUT2D eigenvalue weighted by molar-refractivity contribution is 0.215. The van der Waals surface area contributed by atoms with E-state index >= 15 is 0 Å². The van der Waals surface area contributed by atoms with E-state index in [1.54, 1.807) is 0 Å². The topological polar surface area (TPSA) is 9.23 Å². The van der Waals surface area contributed by atoms with Gasteiger partial charge in [-0.1, -0.05) is 48.5 Å². The van der Waals surface area contributed by atoms with Crippen LogP contribution in [-0.4, -0.2) is 6.10 Å². The SMILES string of the molecule is c1ccc2c(OC3CCCC3)c3ccccc3cc2c1. The van der Waals surface area contributed by atoms with Crippen molar-refractivity contribution in [1.82, 2.24) is 0 Å². The van der Waals surface area contributed by atoms with Crippen molar-refractivity contribution < 1.29 is 4.74 Å². The fourth-order valence-electron chi connectivity index (χ4n) is 3.27. The predicted molar refractivity (Wildman–Crippen MR) is 84.3 cm³/mol. The van der Waals surface area contributed by atoms with Crippen LogP contribution in [0.3, 0.4) is 0 Å². The van der Waals surface area contributed by atoms with Crippen LogP contribution in [0.15, 0.2) is 54.6 Å². The smallest absolute Gasteiger partial charge is 0.135 e. The largest absolute Gasteiger partial charge is 0.489 e. The quantitative estimate of drug-likeness (QED) is 0.568. The minimum atomic E-state index is 0.393. The molecule has 0 bridgehead atoms. The highest BCUT2D eigenvalue weighted by molar-refractivity contribution is 6.05. The van der Waals surface area contributed by atoms with E-state index in [2.05, 4.69) is 54.6 Å². The molecule has 0 saturated heterocycles. The number of rotatable bonds is 2. The van der Waals surface area contributed by atoms with Crippen LogP contribution in [0, 0.1) is 0 Å². The molecule has 4 rings (SSSR count). The van der Waals surface area contributed by atoms with Gasteiger partial charge in [-0.25, -0.2) is 0 Å². The molecular formula is C19H18O. The van der Waals surface area contributed by atoms with Crippen molar-refractivity contribution in [2.24, 2.45) is 0 Å². The summed E-state index contributed by atoms with van der Waals surface area (Å²) in [6.45, 7) is 0. The van der Waals surface area contributed by atoms with Crippen LogP contribution < -0.4 is 4.74 Å². The molecule has 0 amide bonds.